The second kappa shape index (κ2) is 7.01. The maximum atomic E-state index is 12.8. The molecule has 9 heteroatoms. The van der Waals surface area contributed by atoms with Gasteiger partial charge >= 0.3 is 6.18 Å². The van der Waals surface area contributed by atoms with Gasteiger partial charge in [-0.1, -0.05) is 24.3 Å². The first kappa shape index (κ1) is 18.6. The fraction of sp³-hybridized carbons (Fsp3) is 0.100. The number of benzene rings is 2. The van der Waals surface area contributed by atoms with Crippen molar-refractivity contribution >= 4 is 17.4 Å². The smallest absolute Gasteiger partial charge is 0.319 e. The maximum absolute atomic E-state index is 12.8. The molecule has 0 saturated heterocycles. The Morgan fingerprint density at radius 2 is 1.86 bits per heavy atom. The summed E-state index contributed by atoms with van der Waals surface area (Å²) in [4.78, 5) is 16.8. The molecule has 0 aliphatic rings. The molecule has 0 bridgehead atoms. The Labute approximate surface area is 163 Å². The van der Waals surface area contributed by atoms with Crippen LogP contribution in [0.5, 0.6) is 0 Å². The van der Waals surface area contributed by atoms with E-state index in [0.717, 1.165) is 12.1 Å². The van der Waals surface area contributed by atoms with Gasteiger partial charge in [-0.05, 0) is 41.8 Å². The van der Waals surface area contributed by atoms with Crippen molar-refractivity contribution in [1.82, 2.24) is 19.6 Å². The number of anilines is 1. The van der Waals surface area contributed by atoms with Crippen LogP contribution < -0.4 is 5.32 Å². The SMILES string of the molecule is Cc1c(C(=O)Nc2cnc3nncn3c2)cccc1-c1ccc(C(F)(F)F)cc1. The number of halogens is 3. The van der Waals surface area contributed by atoms with Crippen LogP contribution >= 0.6 is 0 Å². The minimum Gasteiger partial charge on any atom is -0.319 e. The van der Waals surface area contributed by atoms with Crippen molar-refractivity contribution in [2.45, 2.75) is 13.1 Å². The number of hydrogen-bond donors (Lipinski definition) is 1. The average Bonchev–Trinajstić information content (AvgIpc) is 3.15. The van der Waals surface area contributed by atoms with Crippen LogP contribution in [0.1, 0.15) is 21.5 Å². The number of alkyl halides is 3. The quantitative estimate of drug-likeness (QED) is 0.557. The van der Waals surface area contributed by atoms with Crippen LogP contribution in [0.4, 0.5) is 18.9 Å². The molecule has 146 valence electrons. The molecule has 0 unspecified atom stereocenters. The summed E-state index contributed by atoms with van der Waals surface area (Å²) < 4.78 is 39.9. The number of aromatic nitrogens is 4. The van der Waals surface area contributed by atoms with Gasteiger partial charge in [-0.3, -0.25) is 9.20 Å². The summed E-state index contributed by atoms with van der Waals surface area (Å²) in [5.41, 5.74) is 2.08. The molecule has 0 radical (unpaired) electrons. The number of nitrogens with one attached hydrogen (secondary N) is 1. The van der Waals surface area contributed by atoms with E-state index < -0.39 is 11.7 Å². The Bertz CT molecular complexity index is 1200. The Hall–Kier alpha value is -3.75. The summed E-state index contributed by atoms with van der Waals surface area (Å²) in [6.45, 7) is 1.75. The Morgan fingerprint density at radius 1 is 1.10 bits per heavy atom. The molecule has 0 saturated carbocycles. The fourth-order valence-corrected chi connectivity index (χ4v) is 3.03. The summed E-state index contributed by atoms with van der Waals surface area (Å²) in [7, 11) is 0. The van der Waals surface area contributed by atoms with E-state index in [-0.39, 0.29) is 5.91 Å². The third-order valence-corrected chi connectivity index (χ3v) is 4.51. The van der Waals surface area contributed by atoms with E-state index in [1.165, 1.54) is 24.7 Å². The van der Waals surface area contributed by atoms with E-state index in [2.05, 4.69) is 20.5 Å². The molecule has 4 rings (SSSR count). The predicted octanol–water partition coefficient (Wildman–Crippen LogP) is 4.37. The van der Waals surface area contributed by atoms with Crippen molar-refractivity contribution in [3.8, 4) is 11.1 Å². The first-order chi connectivity index (χ1) is 13.8. The molecular formula is C20H14F3N5O. The molecule has 0 aliphatic heterocycles. The van der Waals surface area contributed by atoms with E-state index in [4.69, 9.17) is 0 Å². The molecule has 1 N–H and O–H groups in total. The van der Waals surface area contributed by atoms with Crippen LogP contribution in [-0.2, 0) is 6.18 Å². The van der Waals surface area contributed by atoms with E-state index in [1.54, 1.807) is 35.7 Å². The summed E-state index contributed by atoms with van der Waals surface area (Å²) in [5, 5.41) is 10.3. The topological polar surface area (TPSA) is 72.2 Å². The molecule has 2 aromatic carbocycles. The Balaban J connectivity index is 1.62. The highest BCUT2D eigenvalue weighted by Crippen LogP contribution is 2.32. The third-order valence-electron chi connectivity index (χ3n) is 4.51. The van der Waals surface area contributed by atoms with E-state index >= 15 is 0 Å². The van der Waals surface area contributed by atoms with Gasteiger partial charge in [-0.25, -0.2) is 4.98 Å². The predicted molar refractivity (Wildman–Crippen MR) is 100 cm³/mol. The minimum absolute atomic E-state index is 0.356. The second-order valence-corrected chi connectivity index (χ2v) is 6.39. The van der Waals surface area contributed by atoms with Gasteiger partial charge in [-0.15, -0.1) is 10.2 Å². The van der Waals surface area contributed by atoms with Crippen LogP contribution in [0.2, 0.25) is 0 Å². The van der Waals surface area contributed by atoms with Crippen molar-refractivity contribution < 1.29 is 18.0 Å². The summed E-state index contributed by atoms with van der Waals surface area (Å²) in [6.07, 6.45) is 0.177. The van der Waals surface area contributed by atoms with Gasteiger partial charge in [0.15, 0.2) is 0 Å². The first-order valence-electron chi connectivity index (χ1n) is 8.57. The summed E-state index contributed by atoms with van der Waals surface area (Å²) in [6, 6.07) is 9.97. The van der Waals surface area contributed by atoms with E-state index in [1.807, 2.05) is 0 Å². The monoisotopic (exact) mass is 397 g/mol. The molecule has 0 aliphatic carbocycles. The summed E-state index contributed by atoms with van der Waals surface area (Å²) in [5.74, 6) is 0.0500. The number of nitrogens with zero attached hydrogens (tertiary/aromatic N) is 4. The van der Waals surface area contributed by atoms with Gasteiger partial charge in [-0.2, -0.15) is 13.2 Å². The standard InChI is InChI=1S/C20H14F3N5O/c1-12-16(13-5-7-14(8-6-13)20(21,22)23)3-2-4-17(12)18(29)26-15-9-24-19-27-25-11-28(19)10-15/h2-11H,1H3,(H,26,29). The fourth-order valence-electron chi connectivity index (χ4n) is 3.03. The number of hydrogen-bond acceptors (Lipinski definition) is 4. The highest BCUT2D eigenvalue weighted by molar-refractivity contribution is 6.06. The zero-order valence-corrected chi connectivity index (χ0v) is 15.1. The normalized spacial score (nSPS) is 11.6. The summed E-state index contributed by atoms with van der Waals surface area (Å²) >= 11 is 0. The molecule has 0 fully saturated rings. The lowest BCUT2D eigenvalue weighted by Crippen LogP contribution is -2.14. The van der Waals surface area contributed by atoms with Crippen LogP contribution in [-0.4, -0.2) is 25.5 Å². The van der Waals surface area contributed by atoms with Gasteiger partial charge in [0.05, 0.1) is 17.4 Å². The molecule has 2 aromatic heterocycles. The van der Waals surface area contributed by atoms with E-state index in [0.29, 0.717) is 33.7 Å². The number of rotatable bonds is 3. The zero-order valence-electron chi connectivity index (χ0n) is 15.1. The van der Waals surface area contributed by atoms with Gasteiger partial charge in [0, 0.05) is 11.8 Å². The molecule has 6 nitrogen and oxygen atoms in total. The van der Waals surface area contributed by atoms with Crippen LogP contribution in [0.25, 0.3) is 16.9 Å². The molecule has 1 amide bonds. The van der Waals surface area contributed by atoms with Crippen LogP contribution in [0.3, 0.4) is 0 Å². The lowest BCUT2D eigenvalue weighted by molar-refractivity contribution is -0.137. The molecular weight excluding hydrogens is 383 g/mol. The van der Waals surface area contributed by atoms with Crippen LogP contribution in [0, 0.1) is 6.92 Å². The molecule has 0 spiro atoms. The first-order valence-corrected chi connectivity index (χ1v) is 8.57. The van der Waals surface area contributed by atoms with Gasteiger partial charge < -0.3 is 5.32 Å². The highest BCUT2D eigenvalue weighted by Gasteiger charge is 2.30. The number of carbonyl (C=O) groups excluding carboxylic acids is 1. The van der Waals surface area contributed by atoms with Gasteiger partial charge in [0.2, 0.25) is 0 Å². The molecule has 0 atom stereocenters. The van der Waals surface area contributed by atoms with Gasteiger partial charge in [0.25, 0.3) is 11.7 Å². The maximum Gasteiger partial charge on any atom is 0.416 e. The number of carbonyl (C=O) groups is 1. The molecule has 29 heavy (non-hydrogen) atoms. The highest BCUT2D eigenvalue weighted by atomic mass is 19.4. The Morgan fingerprint density at radius 3 is 2.59 bits per heavy atom. The second-order valence-electron chi connectivity index (χ2n) is 6.39. The van der Waals surface area contributed by atoms with Crippen molar-refractivity contribution in [3.63, 3.8) is 0 Å². The minimum atomic E-state index is -4.39. The largest absolute Gasteiger partial charge is 0.416 e. The van der Waals surface area contributed by atoms with Crippen molar-refractivity contribution in [1.29, 1.82) is 0 Å². The van der Waals surface area contributed by atoms with Crippen LogP contribution in [0.15, 0.2) is 61.2 Å². The van der Waals surface area contributed by atoms with Crippen molar-refractivity contribution in [3.05, 3.63) is 77.9 Å². The Kier molecular flexibility index (Phi) is 4.50. The lowest BCUT2D eigenvalue weighted by Gasteiger charge is -2.13. The molecule has 4 aromatic rings. The number of amides is 1. The zero-order chi connectivity index (χ0) is 20.6. The van der Waals surface area contributed by atoms with Gasteiger partial charge in [0.1, 0.15) is 6.33 Å². The van der Waals surface area contributed by atoms with E-state index in [9.17, 15) is 18.0 Å². The number of fused-ring (bicyclic) bond motifs is 1. The third kappa shape index (κ3) is 3.66. The van der Waals surface area contributed by atoms with Crippen molar-refractivity contribution in [2.75, 3.05) is 5.32 Å². The molecule has 2 heterocycles. The average molecular weight is 397 g/mol. The van der Waals surface area contributed by atoms with Crippen molar-refractivity contribution in [2.24, 2.45) is 0 Å². The lowest BCUT2D eigenvalue weighted by atomic mass is 9.95.